The minimum Gasteiger partial charge on any atom is -0.308 e. The molecule has 1 N–H and O–H groups in total. The van der Waals surface area contributed by atoms with Crippen molar-refractivity contribution in [3.05, 3.63) is 28.5 Å². The highest BCUT2D eigenvalue weighted by molar-refractivity contribution is 9.10. The molecule has 84 valence electrons. The van der Waals surface area contributed by atoms with Gasteiger partial charge in [-0.3, -0.25) is 4.98 Å². The number of nitrogens with one attached hydrogen (secondary N) is 1. The number of hydrogen-bond donors (Lipinski definition) is 1. The van der Waals surface area contributed by atoms with Crippen LogP contribution < -0.4 is 5.32 Å². The van der Waals surface area contributed by atoms with Crippen LogP contribution in [0, 0.1) is 0 Å². The van der Waals surface area contributed by atoms with E-state index < -0.39 is 0 Å². The van der Waals surface area contributed by atoms with Crippen molar-refractivity contribution in [1.29, 1.82) is 0 Å². The minimum atomic E-state index is 0.579. The second-order valence-electron chi connectivity index (χ2n) is 3.43. The molecule has 0 saturated heterocycles. The quantitative estimate of drug-likeness (QED) is 0.805. The van der Waals surface area contributed by atoms with Gasteiger partial charge in [0.15, 0.2) is 0 Å². The van der Waals surface area contributed by atoms with Crippen LogP contribution in [0.2, 0.25) is 0 Å². The standard InChI is InChI=1S/C11H16Br2N2/c1-2-10(5-6-12)15-8-11-4-3-9(13)7-14-11/h3-4,7,10,15H,2,5-6,8H2,1H3. The van der Waals surface area contributed by atoms with Crippen molar-refractivity contribution in [1.82, 2.24) is 10.3 Å². The maximum Gasteiger partial charge on any atom is 0.0542 e. The van der Waals surface area contributed by atoms with Crippen LogP contribution in [-0.4, -0.2) is 16.4 Å². The number of halogens is 2. The van der Waals surface area contributed by atoms with E-state index in [-0.39, 0.29) is 0 Å². The van der Waals surface area contributed by atoms with E-state index in [1.807, 2.05) is 18.3 Å². The molecule has 4 heteroatoms. The van der Waals surface area contributed by atoms with Gasteiger partial charge in [0.1, 0.15) is 0 Å². The average molecular weight is 336 g/mol. The van der Waals surface area contributed by atoms with Crippen LogP contribution in [0.15, 0.2) is 22.8 Å². The van der Waals surface area contributed by atoms with Gasteiger partial charge in [0, 0.05) is 28.6 Å². The summed E-state index contributed by atoms with van der Waals surface area (Å²) in [7, 11) is 0. The number of rotatable bonds is 6. The highest BCUT2D eigenvalue weighted by Gasteiger charge is 2.04. The molecule has 0 amide bonds. The van der Waals surface area contributed by atoms with E-state index in [4.69, 9.17) is 0 Å². The molecular weight excluding hydrogens is 320 g/mol. The monoisotopic (exact) mass is 334 g/mol. The molecule has 0 saturated carbocycles. The summed E-state index contributed by atoms with van der Waals surface area (Å²) in [6.07, 6.45) is 4.15. The van der Waals surface area contributed by atoms with Crippen molar-refractivity contribution in [3.63, 3.8) is 0 Å². The molecule has 1 atom stereocenters. The molecule has 0 aliphatic rings. The Morgan fingerprint density at radius 2 is 2.27 bits per heavy atom. The Balaban J connectivity index is 2.38. The molecule has 1 heterocycles. The Labute approximate surface area is 108 Å². The number of nitrogens with zero attached hydrogens (tertiary/aromatic N) is 1. The largest absolute Gasteiger partial charge is 0.308 e. The first-order chi connectivity index (χ1) is 7.26. The number of alkyl halides is 1. The summed E-state index contributed by atoms with van der Waals surface area (Å²) in [5, 5.41) is 4.55. The number of hydrogen-bond acceptors (Lipinski definition) is 2. The van der Waals surface area contributed by atoms with E-state index in [9.17, 15) is 0 Å². The van der Waals surface area contributed by atoms with Crippen LogP contribution in [0.25, 0.3) is 0 Å². The molecule has 0 spiro atoms. The lowest BCUT2D eigenvalue weighted by Gasteiger charge is -2.15. The van der Waals surface area contributed by atoms with Gasteiger partial charge in [-0.2, -0.15) is 0 Å². The summed E-state index contributed by atoms with van der Waals surface area (Å²) in [5.41, 5.74) is 1.09. The van der Waals surface area contributed by atoms with Gasteiger partial charge in [0.2, 0.25) is 0 Å². The summed E-state index contributed by atoms with van der Waals surface area (Å²) >= 11 is 6.84. The van der Waals surface area contributed by atoms with Crippen LogP contribution in [0.1, 0.15) is 25.5 Å². The zero-order valence-electron chi connectivity index (χ0n) is 8.84. The predicted molar refractivity (Wildman–Crippen MR) is 71.3 cm³/mol. The lowest BCUT2D eigenvalue weighted by molar-refractivity contribution is 0.484. The van der Waals surface area contributed by atoms with Gasteiger partial charge in [0.25, 0.3) is 0 Å². The molecule has 0 fully saturated rings. The normalized spacial score (nSPS) is 12.7. The van der Waals surface area contributed by atoms with Crippen molar-refractivity contribution in [3.8, 4) is 0 Å². The third-order valence-corrected chi connectivity index (χ3v) is 3.24. The molecule has 2 nitrogen and oxygen atoms in total. The van der Waals surface area contributed by atoms with Crippen LogP contribution in [0.5, 0.6) is 0 Å². The summed E-state index contributed by atoms with van der Waals surface area (Å²) < 4.78 is 1.03. The van der Waals surface area contributed by atoms with Gasteiger partial charge in [-0.1, -0.05) is 22.9 Å². The second kappa shape index (κ2) is 7.36. The van der Waals surface area contributed by atoms with E-state index in [2.05, 4.69) is 49.1 Å². The van der Waals surface area contributed by atoms with E-state index in [0.717, 1.165) is 34.9 Å². The summed E-state index contributed by atoms with van der Waals surface area (Å²) in [5.74, 6) is 0. The molecule has 1 rings (SSSR count). The van der Waals surface area contributed by atoms with Crippen LogP contribution in [-0.2, 0) is 6.54 Å². The van der Waals surface area contributed by atoms with Gasteiger partial charge in [-0.25, -0.2) is 0 Å². The summed E-state index contributed by atoms with van der Waals surface area (Å²) in [6, 6.07) is 4.64. The summed E-state index contributed by atoms with van der Waals surface area (Å²) in [6.45, 7) is 3.05. The second-order valence-corrected chi connectivity index (χ2v) is 5.14. The molecule has 0 radical (unpaired) electrons. The van der Waals surface area contributed by atoms with Gasteiger partial charge >= 0.3 is 0 Å². The fourth-order valence-electron chi connectivity index (χ4n) is 1.34. The molecule has 0 aromatic carbocycles. The fraction of sp³-hybridized carbons (Fsp3) is 0.545. The van der Waals surface area contributed by atoms with Crippen molar-refractivity contribution in [2.24, 2.45) is 0 Å². The Morgan fingerprint density at radius 3 is 2.80 bits per heavy atom. The first-order valence-corrected chi connectivity index (χ1v) is 7.07. The van der Waals surface area contributed by atoms with Crippen LogP contribution >= 0.6 is 31.9 Å². The van der Waals surface area contributed by atoms with Crippen molar-refractivity contribution >= 4 is 31.9 Å². The smallest absolute Gasteiger partial charge is 0.0542 e. The van der Waals surface area contributed by atoms with Gasteiger partial charge in [0.05, 0.1) is 5.69 Å². The molecule has 15 heavy (non-hydrogen) atoms. The van der Waals surface area contributed by atoms with E-state index in [0.29, 0.717) is 6.04 Å². The SMILES string of the molecule is CCC(CCBr)NCc1ccc(Br)cn1. The van der Waals surface area contributed by atoms with Gasteiger partial charge < -0.3 is 5.32 Å². The molecular formula is C11H16Br2N2. The molecule has 0 aliphatic heterocycles. The maximum absolute atomic E-state index is 4.32. The highest BCUT2D eigenvalue weighted by atomic mass is 79.9. The Morgan fingerprint density at radius 1 is 1.47 bits per heavy atom. The predicted octanol–water partition coefficient (Wildman–Crippen LogP) is 3.50. The zero-order valence-corrected chi connectivity index (χ0v) is 12.0. The number of pyridine rings is 1. The zero-order chi connectivity index (χ0) is 11.1. The van der Waals surface area contributed by atoms with Crippen molar-refractivity contribution < 1.29 is 0 Å². The van der Waals surface area contributed by atoms with Gasteiger partial charge in [-0.05, 0) is 40.9 Å². The third kappa shape index (κ3) is 5.09. The Hall–Kier alpha value is 0.0700. The lowest BCUT2D eigenvalue weighted by atomic mass is 10.1. The molecule has 0 aliphatic carbocycles. The lowest BCUT2D eigenvalue weighted by Crippen LogP contribution is -2.28. The molecule has 0 bridgehead atoms. The maximum atomic E-state index is 4.32. The average Bonchev–Trinajstić information content (AvgIpc) is 2.26. The van der Waals surface area contributed by atoms with Crippen molar-refractivity contribution in [2.45, 2.75) is 32.4 Å². The van der Waals surface area contributed by atoms with E-state index in [1.54, 1.807) is 0 Å². The van der Waals surface area contributed by atoms with Crippen LogP contribution in [0.3, 0.4) is 0 Å². The molecule has 1 unspecified atom stereocenters. The van der Waals surface area contributed by atoms with Gasteiger partial charge in [-0.15, -0.1) is 0 Å². The fourth-order valence-corrected chi connectivity index (χ4v) is 2.13. The van der Waals surface area contributed by atoms with E-state index in [1.165, 1.54) is 0 Å². The topological polar surface area (TPSA) is 24.9 Å². The van der Waals surface area contributed by atoms with Crippen molar-refractivity contribution in [2.75, 3.05) is 5.33 Å². The first-order valence-electron chi connectivity index (χ1n) is 5.16. The minimum absolute atomic E-state index is 0.579. The van der Waals surface area contributed by atoms with Crippen LogP contribution in [0.4, 0.5) is 0 Å². The highest BCUT2D eigenvalue weighted by Crippen LogP contribution is 2.08. The van der Waals surface area contributed by atoms with E-state index >= 15 is 0 Å². The summed E-state index contributed by atoms with van der Waals surface area (Å²) in [4.78, 5) is 4.32. The molecule has 1 aromatic rings. The third-order valence-electron chi connectivity index (χ3n) is 2.31. The number of aromatic nitrogens is 1. The molecule has 1 aromatic heterocycles. The Kier molecular flexibility index (Phi) is 6.45. The first kappa shape index (κ1) is 13.1. The Bertz CT molecular complexity index is 274.